The van der Waals surface area contributed by atoms with Gasteiger partial charge >= 0.3 is 0 Å². The van der Waals surface area contributed by atoms with Gasteiger partial charge in [-0.15, -0.1) is 0 Å². The first-order valence-electron chi connectivity index (χ1n) is 7.89. The Kier molecular flexibility index (Phi) is 3.13. The first-order chi connectivity index (χ1) is 11.6. The topological polar surface area (TPSA) is 63.4 Å². The third kappa shape index (κ3) is 1.93. The first-order valence-corrected chi connectivity index (χ1v) is 7.89. The summed E-state index contributed by atoms with van der Waals surface area (Å²) in [5.41, 5.74) is 9.63. The molecule has 0 saturated carbocycles. The zero-order valence-electron chi connectivity index (χ0n) is 13.2. The van der Waals surface area contributed by atoms with Crippen LogP contribution < -0.4 is 5.73 Å². The molecule has 1 heterocycles. The van der Waals surface area contributed by atoms with Crippen LogP contribution >= 0.6 is 0 Å². The van der Waals surface area contributed by atoms with Gasteiger partial charge in [-0.1, -0.05) is 30.3 Å². The van der Waals surface area contributed by atoms with Gasteiger partial charge in [0.15, 0.2) is 0 Å². The Hall–Kier alpha value is -3.14. The van der Waals surface area contributed by atoms with E-state index in [0.29, 0.717) is 23.4 Å². The molecule has 1 aliphatic rings. The minimum Gasteiger partial charge on any atom is -0.399 e. The van der Waals surface area contributed by atoms with Gasteiger partial charge in [-0.05, 0) is 47.7 Å². The van der Waals surface area contributed by atoms with Crippen LogP contribution in [0.1, 0.15) is 27.6 Å². The van der Waals surface area contributed by atoms with Gasteiger partial charge in [0, 0.05) is 28.7 Å². The molecule has 118 valence electrons. The van der Waals surface area contributed by atoms with E-state index in [-0.39, 0.29) is 11.8 Å². The summed E-state index contributed by atoms with van der Waals surface area (Å²) in [6.45, 7) is 2.18. The van der Waals surface area contributed by atoms with Gasteiger partial charge in [0.05, 0.1) is 0 Å². The summed E-state index contributed by atoms with van der Waals surface area (Å²) in [6, 6.07) is 17.0. The highest BCUT2D eigenvalue weighted by molar-refractivity contribution is 6.26. The second kappa shape index (κ2) is 5.20. The highest BCUT2D eigenvalue weighted by Crippen LogP contribution is 2.36. The van der Waals surface area contributed by atoms with E-state index in [1.165, 1.54) is 4.90 Å². The fraction of sp³-hybridized carbons (Fsp3) is 0.100. The maximum absolute atomic E-state index is 12.6. The van der Waals surface area contributed by atoms with Crippen LogP contribution in [0.15, 0.2) is 54.6 Å². The quantitative estimate of drug-likeness (QED) is 0.579. The minimum absolute atomic E-state index is 0.227. The molecule has 2 N–H and O–H groups in total. The number of amides is 2. The molecule has 0 atom stereocenters. The molecular formula is C20H16N2O2. The van der Waals surface area contributed by atoms with Crippen molar-refractivity contribution in [3.05, 3.63) is 65.7 Å². The number of anilines is 1. The van der Waals surface area contributed by atoms with E-state index < -0.39 is 0 Å². The number of nitrogens with zero attached hydrogens (tertiary/aromatic N) is 1. The van der Waals surface area contributed by atoms with Gasteiger partial charge in [-0.3, -0.25) is 14.5 Å². The Morgan fingerprint density at radius 2 is 1.46 bits per heavy atom. The van der Waals surface area contributed by atoms with Gasteiger partial charge < -0.3 is 5.73 Å². The van der Waals surface area contributed by atoms with Gasteiger partial charge in [0.1, 0.15) is 0 Å². The smallest absolute Gasteiger partial charge is 0.261 e. The zero-order valence-corrected chi connectivity index (χ0v) is 13.2. The van der Waals surface area contributed by atoms with Gasteiger partial charge in [-0.2, -0.15) is 0 Å². The Labute approximate surface area is 139 Å². The molecule has 24 heavy (non-hydrogen) atoms. The van der Waals surface area contributed by atoms with E-state index >= 15 is 0 Å². The van der Waals surface area contributed by atoms with Crippen LogP contribution in [0.4, 0.5) is 5.69 Å². The van der Waals surface area contributed by atoms with Gasteiger partial charge in [0.2, 0.25) is 0 Å². The number of nitrogens with two attached hydrogens (primary N) is 1. The molecule has 0 aromatic heterocycles. The lowest BCUT2D eigenvalue weighted by atomic mass is 9.89. The van der Waals surface area contributed by atoms with Crippen molar-refractivity contribution < 1.29 is 9.59 Å². The Balaban J connectivity index is 2.04. The largest absolute Gasteiger partial charge is 0.399 e. The van der Waals surface area contributed by atoms with Crippen molar-refractivity contribution >= 4 is 28.3 Å². The summed E-state index contributed by atoms with van der Waals surface area (Å²) in [6.07, 6.45) is 0. The molecule has 1 aliphatic heterocycles. The van der Waals surface area contributed by atoms with E-state index in [1.807, 2.05) is 55.5 Å². The summed E-state index contributed by atoms with van der Waals surface area (Å²) in [7, 11) is 0. The average molecular weight is 316 g/mol. The molecule has 0 unspecified atom stereocenters. The fourth-order valence-electron chi connectivity index (χ4n) is 3.35. The van der Waals surface area contributed by atoms with E-state index in [1.54, 1.807) is 6.07 Å². The first kappa shape index (κ1) is 14.5. The van der Waals surface area contributed by atoms with Crippen LogP contribution in [0.3, 0.4) is 0 Å². The highest BCUT2D eigenvalue weighted by Gasteiger charge is 2.32. The van der Waals surface area contributed by atoms with Gasteiger partial charge in [0.25, 0.3) is 11.8 Å². The molecule has 0 spiro atoms. The third-order valence-corrected chi connectivity index (χ3v) is 4.53. The second-order valence-electron chi connectivity index (χ2n) is 5.87. The lowest BCUT2D eigenvalue weighted by molar-refractivity contribution is 0.0619. The maximum Gasteiger partial charge on any atom is 0.261 e. The lowest BCUT2D eigenvalue weighted by Gasteiger charge is -2.26. The van der Waals surface area contributed by atoms with E-state index in [4.69, 9.17) is 5.73 Å². The minimum atomic E-state index is -0.227. The number of hydrogen-bond donors (Lipinski definition) is 1. The fourth-order valence-corrected chi connectivity index (χ4v) is 3.35. The number of benzene rings is 3. The number of imide groups is 1. The van der Waals surface area contributed by atoms with E-state index in [0.717, 1.165) is 21.9 Å². The van der Waals surface area contributed by atoms with Crippen molar-refractivity contribution in [2.24, 2.45) is 0 Å². The lowest BCUT2D eigenvalue weighted by Crippen LogP contribution is -2.40. The molecule has 0 saturated heterocycles. The van der Waals surface area contributed by atoms with Crippen LogP contribution in [0.5, 0.6) is 0 Å². The molecule has 4 rings (SSSR count). The maximum atomic E-state index is 12.6. The van der Waals surface area contributed by atoms with E-state index in [9.17, 15) is 9.59 Å². The highest BCUT2D eigenvalue weighted by atomic mass is 16.2. The van der Waals surface area contributed by atoms with Crippen molar-refractivity contribution in [2.45, 2.75) is 6.92 Å². The van der Waals surface area contributed by atoms with Crippen molar-refractivity contribution in [3.63, 3.8) is 0 Å². The SMILES string of the molecule is CCN1C(=O)c2cccc3c(-c4ccc(N)cc4)ccc(c23)C1=O. The third-order valence-electron chi connectivity index (χ3n) is 4.53. The molecule has 3 aromatic rings. The van der Waals surface area contributed by atoms with Crippen LogP contribution in [-0.2, 0) is 0 Å². The van der Waals surface area contributed by atoms with Crippen molar-refractivity contribution in [3.8, 4) is 11.1 Å². The van der Waals surface area contributed by atoms with Crippen molar-refractivity contribution in [2.75, 3.05) is 12.3 Å². The number of rotatable bonds is 2. The predicted molar refractivity (Wildman–Crippen MR) is 94.8 cm³/mol. The van der Waals surface area contributed by atoms with Crippen LogP contribution in [0, 0.1) is 0 Å². The summed E-state index contributed by atoms with van der Waals surface area (Å²) < 4.78 is 0. The average Bonchev–Trinajstić information content (AvgIpc) is 2.60. The Morgan fingerprint density at radius 1 is 0.833 bits per heavy atom. The molecule has 4 nitrogen and oxygen atoms in total. The van der Waals surface area contributed by atoms with Gasteiger partial charge in [-0.25, -0.2) is 0 Å². The van der Waals surface area contributed by atoms with E-state index in [2.05, 4.69) is 0 Å². The molecule has 2 amide bonds. The summed E-state index contributed by atoms with van der Waals surface area (Å²) in [5.74, 6) is -0.454. The summed E-state index contributed by atoms with van der Waals surface area (Å²) >= 11 is 0. The Morgan fingerprint density at radius 3 is 2.12 bits per heavy atom. The Bertz CT molecular complexity index is 968. The monoisotopic (exact) mass is 316 g/mol. The summed E-state index contributed by atoms with van der Waals surface area (Å²) in [4.78, 5) is 26.5. The molecule has 0 bridgehead atoms. The standard InChI is InChI=1S/C20H16N2O2/c1-2-22-19(23)16-5-3-4-15-14(12-6-8-13(21)9-7-12)10-11-17(18(15)16)20(22)24/h3-11H,2,21H2,1H3. The zero-order chi connectivity index (χ0) is 16.8. The predicted octanol–water partition coefficient (Wildman–Crippen LogP) is 3.70. The normalized spacial score (nSPS) is 13.6. The summed E-state index contributed by atoms with van der Waals surface area (Å²) in [5, 5.41) is 1.65. The number of carbonyl (C=O) groups is 2. The molecule has 4 heteroatoms. The molecule has 0 radical (unpaired) electrons. The van der Waals surface area contributed by atoms with Crippen molar-refractivity contribution in [1.82, 2.24) is 4.90 Å². The van der Waals surface area contributed by atoms with Crippen LogP contribution in [0.2, 0.25) is 0 Å². The van der Waals surface area contributed by atoms with Crippen molar-refractivity contribution in [1.29, 1.82) is 0 Å². The second-order valence-corrected chi connectivity index (χ2v) is 5.87. The number of carbonyl (C=O) groups excluding carboxylic acids is 2. The molecule has 0 fully saturated rings. The number of hydrogen-bond acceptors (Lipinski definition) is 3. The van der Waals surface area contributed by atoms with Crippen LogP contribution in [0.25, 0.3) is 21.9 Å². The molecular weight excluding hydrogens is 300 g/mol. The van der Waals surface area contributed by atoms with Crippen LogP contribution in [-0.4, -0.2) is 23.3 Å². The molecule has 0 aliphatic carbocycles. The molecule has 3 aromatic carbocycles. The number of nitrogen functional groups attached to an aromatic ring is 1.